The zero-order valence-electron chi connectivity index (χ0n) is 14.9. The average molecular weight is 312 g/mol. The molecule has 0 aliphatic heterocycles. The standard InChI is InChI=1S/C17H33N3O2/c1-6-20(12-16(22)19-17(3,4)5)11-15(21)18-14-10-8-7-9-13(14)2/h13-14H,6-12H2,1-5H3,(H,18,21)(H,19,22)/p+1/t13-,14+/m0/s1. The van der Waals surface area contributed by atoms with Crippen molar-refractivity contribution < 1.29 is 14.5 Å². The molecule has 0 aromatic rings. The number of hydrogen-bond acceptors (Lipinski definition) is 2. The van der Waals surface area contributed by atoms with E-state index in [1.165, 1.54) is 19.3 Å². The van der Waals surface area contributed by atoms with Crippen LogP contribution in [-0.2, 0) is 9.59 Å². The molecule has 1 fully saturated rings. The Hall–Kier alpha value is -1.10. The first kappa shape index (κ1) is 18.9. The molecular formula is C17H34N3O2+. The second-order valence-corrected chi connectivity index (χ2v) is 7.69. The van der Waals surface area contributed by atoms with E-state index in [1.54, 1.807) is 0 Å². The highest BCUT2D eigenvalue weighted by Crippen LogP contribution is 2.23. The van der Waals surface area contributed by atoms with E-state index in [9.17, 15) is 9.59 Å². The highest BCUT2D eigenvalue weighted by atomic mass is 16.2. The average Bonchev–Trinajstić information content (AvgIpc) is 2.38. The highest BCUT2D eigenvalue weighted by Gasteiger charge is 2.25. The number of carbonyl (C=O) groups excluding carboxylic acids is 2. The van der Waals surface area contributed by atoms with E-state index >= 15 is 0 Å². The monoisotopic (exact) mass is 312 g/mol. The van der Waals surface area contributed by atoms with Gasteiger partial charge < -0.3 is 15.5 Å². The number of carbonyl (C=O) groups is 2. The minimum absolute atomic E-state index is 0.00295. The minimum atomic E-state index is -0.226. The largest absolute Gasteiger partial charge is 0.348 e. The third kappa shape index (κ3) is 7.25. The molecule has 5 nitrogen and oxygen atoms in total. The summed E-state index contributed by atoms with van der Waals surface area (Å²) < 4.78 is 0. The van der Waals surface area contributed by atoms with Crippen LogP contribution in [0.15, 0.2) is 0 Å². The summed E-state index contributed by atoms with van der Waals surface area (Å²) in [7, 11) is 0. The first-order valence-electron chi connectivity index (χ1n) is 8.65. The van der Waals surface area contributed by atoms with Crippen LogP contribution in [0.25, 0.3) is 0 Å². The molecule has 0 aromatic heterocycles. The molecule has 5 heteroatoms. The zero-order valence-corrected chi connectivity index (χ0v) is 14.9. The van der Waals surface area contributed by atoms with Crippen LogP contribution in [0.1, 0.15) is 60.3 Å². The lowest BCUT2D eigenvalue weighted by atomic mass is 9.86. The lowest BCUT2D eigenvalue weighted by Crippen LogP contribution is -3.14. The summed E-state index contributed by atoms with van der Waals surface area (Å²) in [4.78, 5) is 25.2. The summed E-state index contributed by atoms with van der Waals surface area (Å²) in [6.07, 6.45) is 4.75. The summed E-state index contributed by atoms with van der Waals surface area (Å²) in [5.41, 5.74) is -0.226. The summed E-state index contributed by atoms with van der Waals surface area (Å²) in [6.45, 7) is 11.6. The molecule has 0 saturated heterocycles. The summed E-state index contributed by atoms with van der Waals surface area (Å²) in [5.74, 6) is 0.634. The van der Waals surface area contributed by atoms with Gasteiger partial charge in [0, 0.05) is 11.6 Å². The van der Waals surface area contributed by atoms with Crippen molar-refractivity contribution in [3.05, 3.63) is 0 Å². The molecule has 0 bridgehead atoms. The molecule has 0 radical (unpaired) electrons. The Balaban J connectivity index is 2.41. The van der Waals surface area contributed by atoms with Gasteiger partial charge in [0.1, 0.15) is 0 Å². The quantitative estimate of drug-likeness (QED) is 0.669. The first-order chi connectivity index (χ1) is 10.2. The van der Waals surface area contributed by atoms with Gasteiger partial charge in [-0.2, -0.15) is 0 Å². The molecule has 1 aliphatic carbocycles. The van der Waals surface area contributed by atoms with Gasteiger partial charge in [0.15, 0.2) is 13.1 Å². The molecule has 2 amide bonds. The highest BCUT2D eigenvalue weighted by molar-refractivity contribution is 5.79. The third-order valence-corrected chi connectivity index (χ3v) is 4.29. The number of nitrogens with one attached hydrogen (secondary N) is 3. The van der Waals surface area contributed by atoms with Gasteiger partial charge in [-0.3, -0.25) is 9.59 Å². The molecule has 3 atom stereocenters. The fourth-order valence-electron chi connectivity index (χ4n) is 3.02. The molecule has 1 unspecified atom stereocenters. The van der Waals surface area contributed by atoms with Crippen LogP contribution >= 0.6 is 0 Å². The van der Waals surface area contributed by atoms with Crippen LogP contribution in [0.5, 0.6) is 0 Å². The first-order valence-corrected chi connectivity index (χ1v) is 8.65. The van der Waals surface area contributed by atoms with E-state index in [4.69, 9.17) is 0 Å². The molecule has 0 spiro atoms. The van der Waals surface area contributed by atoms with Crippen LogP contribution in [0.3, 0.4) is 0 Å². The van der Waals surface area contributed by atoms with Crippen LogP contribution in [0, 0.1) is 5.92 Å². The van der Waals surface area contributed by atoms with Crippen molar-refractivity contribution in [3.8, 4) is 0 Å². The topological polar surface area (TPSA) is 62.6 Å². The van der Waals surface area contributed by atoms with Gasteiger partial charge in [0.05, 0.1) is 6.54 Å². The van der Waals surface area contributed by atoms with Crippen LogP contribution in [-0.4, -0.2) is 43.0 Å². The lowest BCUT2D eigenvalue weighted by Gasteiger charge is -2.30. The van der Waals surface area contributed by atoms with Gasteiger partial charge >= 0.3 is 0 Å². The van der Waals surface area contributed by atoms with Crippen molar-refractivity contribution in [1.82, 2.24) is 10.6 Å². The van der Waals surface area contributed by atoms with E-state index in [-0.39, 0.29) is 17.4 Å². The predicted octanol–water partition coefficient (Wildman–Crippen LogP) is 0.501. The van der Waals surface area contributed by atoms with Gasteiger partial charge in [-0.05, 0) is 46.5 Å². The molecule has 0 heterocycles. The second-order valence-electron chi connectivity index (χ2n) is 7.69. The fraction of sp³-hybridized carbons (Fsp3) is 0.882. The summed E-state index contributed by atoms with van der Waals surface area (Å²) in [6, 6.07) is 0.308. The lowest BCUT2D eigenvalue weighted by molar-refractivity contribution is -0.881. The normalized spacial score (nSPS) is 23.7. The second kappa shape index (κ2) is 8.51. The molecule has 1 rings (SSSR count). The van der Waals surface area contributed by atoms with E-state index in [0.29, 0.717) is 25.0 Å². The number of quaternary nitrogens is 1. The van der Waals surface area contributed by atoms with Crippen molar-refractivity contribution >= 4 is 11.8 Å². The molecule has 22 heavy (non-hydrogen) atoms. The molecular weight excluding hydrogens is 278 g/mol. The Morgan fingerprint density at radius 1 is 1.09 bits per heavy atom. The minimum Gasteiger partial charge on any atom is -0.348 e. The van der Waals surface area contributed by atoms with Crippen LogP contribution < -0.4 is 15.5 Å². The van der Waals surface area contributed by atoms with Gasteiger partial charge in [-0.25, -0.2) is 0 Å². The van der Waals surface area contributed by atoms with E-state index < -0.39 is 0 Å². The van der Waals surface area contributed by atoms with Crippen LogP contribution in [0.2, 0.25) is 0 Å². The van der Waals surface area contributed by atoms with Crippen molar-refractivity contribution in [2.24, 2.45) is 5.92 Å². The van der Waals surface area contributed by atoms with Crippen molar-refractivity contribution in [3.63, 3.8) is 0 Å². The molecule has 1 saturated carbocycles. The Morgan fingerprint density at radius 2 is 1.68 bits per heavy atom. The third-order valence-electron chi connectivity index (χ3n) is 4.29. The molecule has 3 N–H and O–H groups in total. The SMILES string of the molecule is CC[NH+](CC(=O)N[C@@H]1CCCC[C@@H]1C)CC(=O)NC(C)(C)C. The number of likely N-dealkylation sites (N-methyl/N-ethyl adjacent to an activating group) is 1. The maximum absolute atomic E-state index is 12.2. The van der Waals surface area contributed by atoms with Crippen molar-refractivity contribution in [2.75, 3.05) is 19.6 Å². The van der Waals surface area contributed by atoms with Gasteiger partial charge in [0.25, 0.3) is 11.8 Å². The smallest absolute Gasteiger partial charge is 0.275 e. The molecule has 1 aliphatic rings. The zero-order chi connectivity index (χ0) is 16.8. The Labute approximate surface area is 135 Å². The fourth-order valence-corrected chi connectivity index (χ4v) is 3.02. The maximum Gasteiger partial charge on any atom is 0.275 e. The Kier molecular flexibility index (Phi) is 7.33. The number of hydrogen-bond donors (Lipinski definition) is 3. The van der Waals surface area contributed by atoms with Crippen molar-refractivity contribution in [1.29, 1.82) is 0 Å². The number of rotatable bonds is 6. The van der Waals surface area contributed by atoms with Gasteiger partial charge in [-0.15, -0.1) is 0 Å². The number of amides is 2. The molecule has 0 aromatic carbocycles. The molecule has 128 valence electrons. The summed E-state index contributed by atoms with van der Waals surface area (Å²) >= 11 is 0. The Morgan fingerprint density at radius 3 is 2.23 bits per heavy atom. The summed E-state index contributed by atoms with van der Waals surface area (Å²) in [5, 5.41) is 6.12. The van der Waals surface area contributed by atoms with Gasteiger partial charge in [-0.1, -0.05) is 19.8 Å². The van der Waals surface area contributed by atoms with E-state index in [1.807, 2.05) is 27.7 Å². The van der Waals surface area contributed by atoms with E-state index in [0.717, 1.165) is 17.9 Å². The van der Waals surface area contributed by atoms with Gasteiger partial charge in [0.2, 0.25) is 0 Å². The van der Waals surface area contributed by atoms with E-state index in [2.05, 4.69) is 17.6 Å². The van der Waals surface area contributed by atoms with Crippen molar-refractivity contribution in [2.45, 2.75) is 71.9 Å². The maximum atomic E-state index is 12.2. The predicted molar refractivity (Wildman–Crippen MR) is 88.7 cm³/mol. The Bertz CT molecular complexity index is 377. The van der Waals surface area contributed by atoms with Crippen LogP contribution in [0.4, 0.5) is 0 Å².